The van der Waals surface area contributed by atoms with E-state index in [1.54, 1.807) is 17.9 Å². The van der Waals surface area contributed by atoms with E-state index in [-0.39, 0.29) is 23.2 Å². The third kappa shape index (κ3) is 4.29. The van der Waals surface area contributed by atoms with Crippen molar-refractivity contribution in [2.24, 2.45) is 11.5 Å². The number of ether oxygens (including phenoxy) is 2. The van der Waals surface area contributed by atoms with E-state index in [2.05, 4.69) is 9.84 Å². The number of nitrogens with zero attached hydrogens (tertiary/aromatic N) is 3. The molecule has 1 atom stereocenters. The number of carbonyl (C=O) groups is 1. The summed E-state index contributed by atoms with van der Waals surface area (Å²) in [5.41, 5.74) is 14.2. The highest BCUT2D eigenvalue weighted by atomic mass is 32.1. The topological polar surface area (TPSA) is 127 Å². The minimum atomic E-state index is -0.633. The highest BCUT2D eigenvalue weighted by Gasteiger charge is 2.15. The summed E-state index contributed by atoms with van der Waals surface area (Å²) in [5, 5.41) is 4.52. The van der Waals surface area contributed by atoms with Crippen LogP contribution < -0.4 is 16.3 Å². The zero-order valence-electron chi connectivity index (χ0n) is 16.9. The highest BCUT2D eigenvalue weighted by molar-refractivity contribution is 7.16. The first kappa shape index (κ1) is 21.3. The minimum Gasteiger partial charge on any atom is -0.464 e. The lowest BCUT2D eigenvalue weighted by molar-refractivity contribution is -0.136. The number of aromatic nitrogens is 3. The molecule has 0 spiro atoms. The standard InChI is InChI=1S/C20H23N5O4S/c1-12(13-4-6-16-17(10-13)30-20(27)24(16)11-28-2)15-8-9-25(23-15)18(22)7-5-14(21)19(26)29-3/h4-10,12H,11,21-22H2,1-3H3/b14-5-,18-7+. The van der Waals surface area contributed by atoms with Gasteiger partial charge in [-0.15, -0.1) is 0 Å². The average molecular weight is 430 g/mol. The maximum absolute atomic E-state index is 12.2. The van der Waals surface area contributed by atoms with Gasteiger partial charge in [-0.05, 0) is 35.9 Å². The van der Waals surface area contributed by atoms with Crippen LogP contribution in [-0.4, -0.2) is 34.5 Å². The minimum absolute atomic E-state index is 0.0211. The molecule has 0 saturated heterocycles. The first-order valence-electron chi connectivity index (χ1n) is 9.05. The number of hydrogen-bond acceptors (Lipinski definition) is 8. The second-order valence-corrected chi connectivity index (χ2v) is 7.55. The largest absolute Gasteiger partial charge is 0.464 e. The normalized spacial score (nSPS) is 13.6. The van der Waals surface area contributed by atoms with E-state index in [0.717, 1.165) is 21.5 Å². The van der Waals surface area contributed by atoms with Crippen LogP contribution in [0.3, 0.4) is 0 Å². The van der Waals surface area contributed by atoms with Crippen LogP contribution >= 0.6 is 11.3 Å². The zero-order valence-corrected chi connectivity index (χ0v) is 17.7. The van der Waals surface area contributed by atoms with Crippen molar-refractivity contribution in [1.29, 1.82) is 0 Å². The Morgan fingerprint density at radius 1 is 1.27 bits per heavy atom. The predicted molar refractivity (Wildman–Crippen MR) is 116 cm³/mol. The van der Waals surface area contributed by atoms with E-state index < -0.39 is 5.97 Å². The molecule has 158 valence electrons. The number of rotatable bonds is 7. The lowest BCUT2D eigenvalue weighted by atomic mass is 9.98. The molecule has 2 aromatic heterocycles. The van der Waals surface area contributed by atoms with Gasteiger partial charge in [0, 0.05) is 19.2 Å². The lowest BCUT2D eigenvalue weighted by Crippen LogP contribution is -2.13. The maximum Gasteiger partial charge on any atom is 0.353 e. The van der Waals surface area contributed by atoms with Gasteiger partial charge in [0.2, 0.25) is 0 Å². The van der Waals surface area contributed by atoms with Crippen molar-refractivity contribution >= 4 is 33.3 Å². The molecule has 3 rings (SSSR count). The number of nitrogens with two attached hydrogens (primary N) is 2. The summed E-state index contributed by atoms with van der Waals surface area (Å²) in [6.07, 6.45) is 4.58. The summed E-state index contributed by atoms with van der Waals surface area (Å²) in [6, 6.07) is 7.75. The van der Waals surface area contributed by atoms with Gasteiger partial charge in [-0.25, -0.2) is 9.48 Å². The lowest BCUT2D eigenvalue weighted by Gasteiger charge is -2.10. The van der Waals surface area contributed by atoms with Gasteiger partial charge >= 0.3 is 10.8 Å². The number of esters is 1. The van der Waals surface area contributed by atoms with Gasteiger partial charge in [-0.3, -0.25) is 9.36 Å². The van der Waals surface area contributed by atoms with Gasteiger partial charge in [0.25, 0.3) is 0 Å². The monoisotopic (exact) mass is 429 g/mol. The first-order valence-corrected chi connectivity index (χ1v) is 9.86. The van der Waals surface area contributed by atoms with E-state index in [9.17, 15) is 9.59 Å². The predicted octanol–water partition coefficient (Wildman–Crippen LogP) is 1.79. The van der Waals surface area contributed by atoms with Crippen LogP contribution in [-0.2, 0) is 21.0 Å². The van der Waals surface area contributed by atoms with Gasteiger partial charge < -0.3 is 20.9 Å². The van der Waals surface area contributed by atoms with Crippen LogP contribution in [0.1, 0.15) is 24.1 Å². The van der Waals surface area contributed by atoms with Crippen molar-refractivity contribution in [1.82, 2.24) is 14.3 Å². The van der Waals surface area contributed by atoms with Crippen LogP contribution in [0, 0.1) is 0 Å². The van der Waals surface area contributed by atoms with Gasteiger partial charge in [0.1, 0.15) is 18.2 Å². The van der Waals surface area contributed by atoms with Crippen LogP contribution in [0.2, 0.25) is 0 Å². The molecular weight excluding hydrogens is 406 g/mol. The molecule has 30 heavy (non-hydrogen) atoms. The molecule has 0 aliphatic rings. The molecule has 0 radical (unpaired) electrons. The summed E-state index contributed by atoms with van der Waals surface area (Å²) in [7, 11) is 2.81. The average Bonchev–Trinajstić information content (AvgIpc) is 3.35. The van der Waals surface area contributed by atoms with E-state index in [1.165, 1.54) is 35.3 Å². The number of carbonyl (C=O) groups excluding carboxylic acids is 1. The molecule has 4 N–H and O–H groups in total. The molecule has 10 heteroatoms. The molecule has 0 bridgehead atoms. The molecule has 9 nitrogen and oxygen atoms in total. The van der Waals surface area contributed by atoms with Crippen LogP contribution in [0.25, 0.3) is 16.0 Å². The maximum atomic E-state index is 12.2. The number of fused-ring (bicyclic) bond motifs is 1. The van der Waals surface area contributed by atoms with Gasteiger partial charge in [-0.2, -0.15) is 5.10 Å². The van der Waals surface area contributed by atoms with Gasteiger partial charge in [0.05, 0.1) is 23.0 Å². The molecule has 0 saturated carbocycles. The molecule has 0 amide bonds. The smallest absolute Gasteiger partial charge is 0.353 e. The van der Waals surface area contributed by atoms with Gasteiger partial charge in [0.15, 0.2) is 0 Å². The number of allylic oxidation sites excluding steroid dienone is 2. The van der Waals surface area contributed by atoms with Crippen molar-refractivity contribution in [2.75, 3.05) is 14.2 Å². The summed E-state index contributed by atoms with van der Waals surface area (Å²) in [6.45, 7) is 2.25. The van der Waals surface area contributed by atoms with Crippen LogP contribution in [0.4, 0.5) is 0 Å². The molecule has 2 heterocycles. The van der Waals surface area contributed by atoms with E-state index >= 15 is 0 Å². The summed E-state index contributed by atoms with van der Waals surface area (Å²) in [5.74, 6) is -0.358. The second-order valence-electron chi connectivity index (χ2n) is 6.55. The van der Waals surface area contributed by atoms with E-state index in [0.29, 0.717) is 5.82 Å². The Morgan fingerprint density at radius 3 is 2.73 bits per heavy atom. The Kier molecular flexibility index (Phi) is 6.38. The van der Waals surface area contributed by atoms with Crippen molar-refractivity contribution in [3.8, 4) is 0 Å². The summed E-state index contributed by atoms with van der Waals surface area (Å²) >= 11 is 1.19. The fourth-order valence-electron chi connectivity index (χ4n) is 2.92. The number of methoxy groups -OCH3 is 2. The SMILES string of the molecule is COCn1c(=O)sc2cc(C(C)c3ccn(/C(N)=C/C=C(\N)C(=O)OC)n3)ccc21. The van der Waals surface area contributed by atoms with Crippen molar-refractivity contribution < 1.29 is 14.3 Å². The van der Waals surface area contributed by atoms with E-state index in [4.69, 9.17) is 16.2 Å². The highest BCUT2D eigenvalue weighted by Crippen LogP contribution is 2.27. The molecule has 1 aromatic carbocycles. The van der Waals surface area contributed by atoms with Crippen LogP contribution in [0.5, 0.6) is 0 Å². The van der Waals surface area contributed by atoms with Gasteiger partial charge in [-0.1, -0.05) is 24.3 Å². The second kappa shape index (κ2) is 8.97. The third-order valence-electron chi connectivity index (χ3n) is 4.62. The summed E-state index contributed by atoms with van der Waals surface area (Å²) < 4.78 is 13.6. The fraction of sp³-hybridized carbons (Fsp3) is 0.250. The molecule has 0 fully saturated rings. The van der Waals surface area contributed by atoms with Crippen molar-refractivity contribution in [3.63, 3.8) is 0 Å². The Balaban J connectivity index is 1.85. The fourth-order valence-corrected chi connectivity index (χ4v) is 3.85. The number of hydrogen-bond donors (Lipinski definition) is 2. The number of thiazole rings is 1. The van der Waals surface area contributed by atoms with E-state index in [1.807, 2.05) is 31.2 Å². The van der Waals surface area contributed by atoms with Crippen molar-refractivity contribution in [3.05, 3.63) is 69.2 Å². The van der Waals surface area contributed by atoms with Crippen LogP contribution in [0.15, 0.2) is 53.1 Å². The molecule has 0 aliphatic heterocycles. The Labute approximate surface area is 176 Å². The molecular formula is C20H23N5O4S. The number of benzene rings is 1. The quantitative estimate of drug-likeness (QED) is 0.333. The Hall–Kier alpha value is -3.37. The zero-order chi connectivity index (χ0) is 21.8. The summed E-state index contributed by atoms with van der Waals surface area (Å²) in [4.78, 5) is 23.4. The third-order valence-corrected chi connectivity index (χ3v) is 5.57. The molecule has 1 unspecified atom stereocenters. The molecule has 3 aromatic rings. The Morgan fingerprint density at radius 2 is 2.03 bits per heavy atom. The molecule has 0 aliphatic carbocycles. The Bertz CT molecular complexity index is 1190. The van der Waals surface area contributed by atoms with Crippen molar-refractivity contribution in [2.45, 2.75) is 19.6 Å². The first-order chi connectivity index (χ1) is 14.3.